The summed E-state index contributed by atoms with van der Waals surface area (Å²) in [4.78, 5) is 11.6. The van der Waals surface area contributed by atoms with Crippen molar-refractivity contribution < 1.29 is 9.53 Å². The average Bonchev–Trinajstić information content (AvgIpc) is 2.43. The second kappa shape index (κ2) is 6.60. The summed E-state index contributed by atoms with van der Waals surface area (Å²) >= 11 is 2.25. The Bertz CT molecular complexity index is 612. The fourth-order valence-corrected chi connectivity index (χ4v) is 2.07. The zero-order valence-electron chi connectivity index (χ0n) is 11.0. The maximum atomic E-state index is 11.6. The third kappa shape index (κ3) is 3.63. The van der Waals surface area contributed by atoms with Crippen molar-refractivity contribution >= 4 is 45.6 Å². The van der Waals surface area contributed by atoms with E-state index in [1.165, 1.54) is 3.57 Å². The number of hydrogen-bond donors (Lipinski definition) is 2. The molecule has 0 saturated heterocycles. The lowest BCUT2D eigenvalue weighted by Gasteiger charge is -2.11. The molecular formula is C15H15IN2O2. The minimum atomic E-state index is -0.361. The van der Waals surface area contributed by atoms with Crippen LogP contribution in [0.3, 0.4) is 0 Å². The highest BCUT2D eigenvalue weighted by atomic mass is 127. The van der Waals surface area contributed by atoms with Gasteiger partial charge in [-0.15, -0.1) is 0 Å². The summed E-state index contributed by atoms with van der Waals surface area (Å²) in [6.45, 7) is 2.12. The molecular weight excluding hydrogens is 367 g/mol. The molecule has 2 aromatic rings. The minimum absolute atomic E-state index is 0.349. The van der Waals surface area contributed by atoms with Crippen LogP contribution >= 0.6 is 22.6 Å². The van der Waals surface area contributed by atoms with Crippen LogP contribution in [0.2, 0.25) is 0 Å². The molecule has 0 saturated carbocycles. The first kappa shape index (κ1) is 14.6. The highest BCUT2D eigenvalue weighted by Gasteiger charge is 2.09. The summed E-state index contributed by atoms with van der Waals surface area (Å²) in [5.74, 6) is -0.361. The lowest BCUT2D eigenvalue weighted by molar-refractivity contribution is 0.0526. The van der Waals surface area contributed by atoms with Crippen LogP contribution in [0, 0.1) is 3.57 Å². The number of esters is 1. The molecule has 0 amide bonds. The van der Waals surface area contributed by atoms with Crippen molar-refractivity contribution in [3.63, 3.8) is 0 Å². The van der Waals surface area contributed by atoms with Crippen molar-refractivity contribution in [1.29, 1.82) is 0 Å². The van der Waals surface area contributed by atoms with E-state index in [1.807, 2.05) is 24.3 Å². The summed E-state index contributed by atoms with van der Waals surface area (Å²) in [5.41, 5.74) is 8.63. The van der Waals surface area contributed by atoms with Gasteiger partial charge in [0, 0.05) is 9.26 Å². The van der Waals surface area contributed by atoms with E-state index in [2.05, 4.69) is 27.9 Å². The molecule has 0 radical (unpaired) electrons. The number of ether oxygens (including phenoxy) is 1. The van der Waals surface area contributed by atoms with Crippen LogP contribution in [0.4, 0.5) is 17.1 Å². The summed E-state index contributed by atoms with van der Waals surface area (Å²) in [6, 6.07) is 13.1. The van der Waals surface area contributed by atoms with E-state index in [0.29, 0.717) is 17.9 Å². The van der Waals surface area contributed by atoms with E-state index >= 15 is 0 Å². The van der Waals surface area contributed by atoms with E-state index in [9.17, 15) is 4.79 Å². The van der Waals surface area contributed by atoms with Gasteiger partial charge in [-0.25, -0.2) is 4.79 Å². The number of carbonyl (C=O) groups excluding carboxylic acids is 1. The Kier molecular flexibility index (Phi) is 4.84. The first-order chi connectivity index (χ1) is 9.60. The smallest absolute Gasteiger partial charge is 0.338 e. The number of halogens is 1. The van der Waals surface area contributed by atoms with Gasteiger partial charge in [0.15, 0.2) is 0 Å². The molecule has 0 bridgehead atoms. The van der Waals surface area contributed by atoms with Gasteiger partial charge < -0.3 is 15.8 Å². The zero-order valence-corrected chi connectivity index (χ0v) is 13.2. The van der Waals surface area contributed by atoms with Gasteiger partial charge in [-0.1, -0.05) is 0 Å². The number of nitrogens with two attached hydrogens (primary N) is 1. The van der Waals surface area contributed by atoms with Crippen LogP contribution in [0.5, 0.6) is 0 Å². The molecule has 0 aliphatic heterocycles. The van der Waals surface area contributed by atoms with E-state index in [-0.39, 0.29) is 5.97 Å². The zero-order chi connectivity index (χ0) is 14.5. The Morgan fingerprint density at radius 3 is 2.55 bits per heavy atom. The van der Waals surface area contributed by atoms with Crippen LogP contribution < -0.4 is 11.1 Å². The molecule has 0 aliphatic carbocycles. The fraction of sp³-hybridized carbons (Fsp3) is 0.133. The monoisotopic (exact) mass is 382 g/mol. The summed E-state index contributed by atoms with van der Waals surface area (Å²) < 4.78 is 6.10. The Morgan fingerprint density at radius 2 is 1.95 bits per heavy atom. The van der Waals surface area contributed by atoms with Crippen molar-refractivity contribution in [2.24, 2.45) is 0 Å². The predicted octanol–water partition coefficient (Wildman–Crippen LogP) is 3.79. The lowest BCUT2D eigenvalue weighted by atomic mass is 10.1. The second-order valence-corrected chi connectivity index (χ2v) is 5.40. The average molecular weight is 382 g/mol. The molecule has 0 atom stereocenters. The number of nitrogen functional groups attached to an aromatic ring is 1. The molecule has 0 spiro atoms. The Balaban J connectivity index is 2.17. The van der Waals surface area contributed by atoms with E-state index in [4.69, 9.17) is 10.5 Å². The van der Waals surface area contributed by atoms with Crippen molar-refractivity contribution in [3.05, 3.63) is 51.6 Å². The predicted molar refractivity (Wildman–Crippen MR) is 89.3 cm³/mol. The fourth-order valence-electron chi connectivity index (χ4n) is 1.71. The van der Waals surface area contributed by atoms with Crippen molar-refractivity contribution in [2.45, 2.75) is 6.92 Å². The largest absolute Gasteiger partial charge is 0.462 e. The van der Waals surface area contributed by atoms with Crippen LogP contribution in [0.1, 0.15) is 17.3 Å². The van der Waals surface area contributed by atoms with Crippen LogP contribution in [-0.2, 0) is 4.74 Å². The Morgan fingerprint density at radius 1 is 1.25 bits per heavy atom. The molecule has 0 fully saturated rings. The highest BCUT2D eigenvalue weighted by Crippen LogP contribution is 2.25. The summed E-state index contributed by atoms with van der Waals surface area (Å²) in [5, 5.41) is 3.22. The van der Waals surface area contributed by atoms with E-state index in [0.717, 1.165) is 11.4 Å². The number of hydrogen-bond acceptors (Lipinski definition) is 4. The van der Waals surface area contributed by atoms with Gasteiger partial charge in [0.05, 0.1) is 23.5 Å². The first-order valence-corrected chi connectivity index (χ1v) is 7.27. The quantitative estimate of drug-likeness (QED) is 0.480. The molecule has 2 rings (SSSR count). The number of carbonyl (C=O) groups is 1. The normalized spacial score (nSPS) is 10.1. The number of benzene rings is 2. The van der Waals surface area contributed by atoms with Crippen LogP contribution in [-0.4, -0.2) is 12.6 Å². The standard InChI is InChI=1S/C15H15IN2O2/c1-2-20-15(19)10-3-8-14(13(17)9-10)18-12-6-4-11(16)5-7-12/h3-9,18H,2,17H2,1H3. The third-order valence-electron chi connectivity index (χ3n) is 2.69. The minimum Gasteiger partial charge on any atom is -0.462 e. The van der Waals surface area contributed by atoms with Crippen molar-refractivity contribution in [1.82, 2.24) is 0 Å². The first-order valence-electron chi connectivity index (χ1n) is 6.19. The molecule has 4 nitrogen and oxygen atoms in total. The number of nitrogens with one attached hydrogen (secondary N) is 1. The van der Waals surface area contributed by atoms with Crippen LogP contribution in [0.25, 0.3) is 0 Å². The number of rotatable bonds is 4. The maximum Gasteiger partial charge on any atom is 0.338 e. The van der Waals surface area contributed by atoms with Gasteiger partial charge in [-0.2, -0.15) is 0 Å². The van der Waals surface area contributed by atoms with Gasteiger partial charge in [0.25, 0.3) is 0 Å². The van der Waals surface area contributed by atoms with Crippen molar-refractivity contribution in [3.8, 4) is 0 Å². The molecule has 0 aliphatic rings. The Labute approximate surface area is 131 Å². The second-order valence-electron chi connectivity index (χ2n) is 4.15. The third-order valence-corrected chi connectivity index (χ3v) is 3.41. The topological polar surface area (TPSA) is 64.3 Å². The van der Waals surface area contributed by atoms with Crippen molar-refractivity contribution in [2.75, 3.05) is 17.7 Å². The molecule has 2 aromatic carbocycles. The molecule has 3 N–H and O–H groups in total. The Hall–Kier alpha value is -1.76. The molecule has 0 aromatic heterocycles. The molecule has 104 valence electrons. The van der Waals surface area contributed by atoms with E-state index in [1.54, 1.807) is 25.1 Å². The maximum absolute atomic E-state index is 11.6. The van der Waals surface area contributed by atoms with E-state index < -0.39 is 0 Å². The van der Waals surface area contributed by atoms with Gasteiger partial charge in [-0.05, 0) is 72.0 Å². The van der Waals surface area contributed by atoms with Gasteiger partial charge >= 0.3 is 5.97 Å². The molecule has 0 unspecified atom stereocenters. The van der Waals surface area contributed by atoms with Crippen LogP contribution in [0.15, 0.2) is 42.5 Å². The molecule has 20 heavy (non-hydrogen) atoms. The van der Waals surface area contributed by atoms with Gasteiger partial charge in [0.1, 0.15) is 0 Å². The molecule has 0 heterocycles. The summed E-state index contributed by atoms with van der Waals surface area (Å²) in [6.07, 6.45) is 0. The highest BCUT2D eigenvalue weighted by molar-refractivity contribution is 14.1. The summed E-state index contributed by atoms with van der Waals surface area (Å²) in [7, 11) is 0. The van der Waals surface area contributed by atoms with Gasteiger partial charge in [-0.3, -0.25) is 0 Å². The number of anilines is 3. The SMILES string of the molecule is CCOC(=O)c1ccc(Nc2ccc(I)cc2)c(N)c1. The lowest BCUT2D eigenvalue weighted by Crippen LogP contribution is -2.06. The van der Waals surface area contributed by atoms with Gasteiger partial charge in [0.2, 0.25) is 0 Å². The molecule has 5 heteroatoms.